The first-order chi connectivity index (χ1) is 8.58. The molecule has 0 radical (unpaired) electrons. The molecular weight excluding hydrogens is 222 g/mol. The Morgan fingerprint density at radius 1 is 1.28 bits per heavy atom. The molecule has 1 aromatic rings. The molecular formula is C16H23NO. The van der Waals surface area contributed by atoms with Gasteiger partial charge in [0.2, 0.25) is 0 Å². The Labute approximate surface area is 110 Å². The fourth-order valence-corrected chi connectivity index (χ4v) is 2.66. The van der Waals surface area contributed by atoms with Crippen LogP contribution in [-0.4, -0.2) is 29.8 Å². The molecule has 1 aliphatic heterocycles. The fraction of sp³-hybridized carbons (Fsp3) is 0.562. The number of ketones is 1. The van der Waals surface area contributed by atoms with E-state index in [1.807, 2.05) is 31.2 Å². The van der Waals surface area contributed by atoms with Gasteiger partial charge in [-0.25, -0.2) is 0 Å². The molecule has 98 valence electrons. The highest BCUT2D eigenvalue weighted by atomic mass is 16.1. The molecule has 18 heavy (non-hydrogen) atoms. The van der Waals surface area contributed by atoms with E-state index in [9.17, 15) is 4.79 Å². The summed E-state index contributed by atoms with van der Waals surface area (Å²) < 4.78 is 0. The van der Waals surface area contributed by atoms with Crippen molar-refractivity contribution in [2.45, 2.75) is 39.7 Å². The second-order valence-electron chi connectivity index (χ2n) is 5.62. The molecule has 2 rings (SSSR count). The Morgan fingerprint density at radius 2 is 1.94 bits per heavy atom. The summed E-state index contributed by atoms with van der Waals surface area (Å²) >= 11 is 0. The maximum absolute atomic E-state index is 12.2. The first kappa shape index (κ1) is 13.3. The molecule has 0 bridgehead atoms. The van der Waals surface area contributed by atoms with Crippen LogP contribution in [0, 0.1) is 12.8 Å². The van der Waals surface area contributed by atoms with Gasteiger partial charge in [0.05, 0.1) is 6.54 Å². The minimum atomic E-state index is 0.246. The van der Waals surface area contributed by atoms with Gasteiger partial charge in [0.25, 0.3) is 0 Å². The third-order valence-corrected chi connectivity index (χ3v) is 4.22. The van der Waals surface area contributed by atoms with Crippen LogP contribution in [0.15, 0.2) is 24.3 Å². The summed E-state index contributed by atoms with van der Waals surface area (Å²) in [6.07, 6.45) is 2.50. The van der Waals surface area contributed by atoms with Crippen LogP contribution >= 0.6 is 0 Å². The number of hydrogen-bond acceptors (Lipinski definition) is 2. The molecule has 2 heteroatoms. The van der Waals surface area contributed by atoms with E-state index in [1.54, 1.807) is 0 Å². The lowest BCUT2D eigenvalue weighted by Gasteiger charge is -2.37. The summed E-state index contributed by atoms with van der Waals surface area (Å²) in [6, 6.07) is 8.42. The molecule has 0 N–H and O–H groups in total. The SMILES string of the molecule is Cc1ccc(C(=O)CN2CCCC(C)C2C)cc1. The molecule has 2 atom stereocenters. The summed E-state index contributed by atoms with van der Waals surface area (Å²) in [6.45, 7) is 8.19. The number of hydrogen-bond donors (Lipinski definition) is 0. The molecule has 0 amide bonds. The molecule has 2 unspecified atom stereocenters. The van der Waals surface area contributed by atoms with E-state index in [0.717, 1.165) is 12.1 Å². The maximum atomic E-state index is 12.2. The van der Waals surface area contributed by atoms with Crippen molar-refractivity contribution in [3.63, 3.8) is 0 Å². The van der Waals surface area contributed by atoms with Gasteiger partial charge in [0.1, 0.15) is 0 Å². The van der Waals surface area contributed by atoms with Crippen molar-refractivity contribution in [3.05, 3.63) is 35.4 Å². The van der Waals surface area contributed by atoms with Crippen molar-refractivity contribution in [2.75, 3.05) is 13.1 Å². The third kappa shape index (κ3) is 2.99. The zero-order valence-electron chi connectivity index (χ0n) is 11.6. The van der Waals surface area contributed by atoms with E-state index >= 15 is 0 Å². The Morgan fingerprint density at radius 3 is 2.61 bits per heavy atom. The lowest BCUT2D eigenvalue weighted by molar-refractivity contribution is 0.0779. The maximum Gasteiger partial charge on any atom is 0.176 e. The van der Waals surface area contributed by atoms with Gasteiger partial charge < -0.3 is 0 Å². The van der Waals surface area contributed by atoms with Crippen molar-refractivity contribution in [3.8, 4) is 0 Å². The Bertz CT molecular complexity index is 410. The number of Topliss-reactive ketones (excluding diaryl/α,β-unsaturated/α-hetero) is 1. The van der Waals surface area contributed by atoms with E-state index in [4.69, 9.17) is 0 Å². The van der Waals surface area contributed by atoms with Crippen molar-refractivity contribution < 1.29 is 4.79 Å². The summed E-state index contributed by atoms with van der Waals surface area (Å²) in [5, 5.41) is 0. The monoisotopic (exact) mass is 245 g/mol. The quantitative estimate of drug-likeness (QED) is 0.762. The van der Waals surface area contributed by atoms with Crippen molar-refractivity contribution in [2.24, 2.45) is 5.92 Å². The predicted octanol–water partition coefficient (Wildman–Crippen LogP) is 3.30. The summed E-state index contributed by atoms with van der Waals surface area (Å²) in [4.78, 5) is 14.6. The lowest BCUT2D eigenvalue weighted by atomic mass is 9.91. The van der Waals surface area contributed by atoms with E-state index in [2.05, 4.69) is 18.7 Å². The minimum absolute atomic E-state index is 0.246. The highest BCUT2D eigenvalue weighted by Gasteiger charge is 2.26. The number of benzene rings is 1. The molecule has 1 fully saturated rings. The average molecular weight is 245 g/mol. The minimum Gasteiger partial charge on any atom is -0.293 e. The summed E-state index contributed by atoms with van der Waals surface area (Å²) in [5.74, 6) is 0.945. The number of carbonyl (C=O) groups excluding carboxylic acids is 1. The summed E-state index contributed by atoms with van der Waals surface area (Å²) in [5.41, 5.74) is 2.04. The Balaban J connectivity index is 2.00. The topological polar surface area (TPSA) is 20.3 Å². The van der Waals surface area contributed by atoms with Crippen molar-refractivity contribution in [1.82, 2.24) is 4.90 Å². The van der Waals surface area contributed by atoms with Gasteiger partial charge in [0.15, 0.2) is 5.78 Å². The van der Waals surface area contributed by atoms with Gasteiger partial charge in [-0.1, -0.05) is 36.8 Å². The number of aryl methyl sites for hydroxylation is 1. The molecule has 0 aliphatic carbocycles. The second kappa shape index (κ2) is 5.66. The smallest absolute Gasteiger partial charge is 0.176 e. The third-order valence-electron chi connectivity index (χ3n) is 4.22. The van der Waals surface area contributed by atoms with Crippen LogP contribution in [0.5, 0.6) is 0 Å². The highest BCUT2D eigenvalue weighted by molar-refractivity contribution is 5.97. The van der Waals surface area contributed by atoms with Gasteiger partial charge in [-0.2, -0.15) is 0 Å². The van der Waals surface area contributed by atoms with Gasteiger partial charge in [0, 0.05) is 11.6 Å². The lowest BCUT2D eigenvalue weighted by Crippen LogP contribution is -2.44. The van der Waals surface area contributed by atoms with Crippen LogP contribution in [0.25, 0.3) is 0 Å². The first-order valence-corrected chi connectivity index (χ1v) is 6.92. The molecule has 0 spiro atoms. The second-order valence-corrected chi connectivity index (χ2v) is 5.62. The molecule has 1 aromatic carbocycles. The van der Waals surface area contributed by atoms with E-state index in [0.29, 0.717) is 18.5 Å². The van der Waals surface area contributed by atoms with Crippen molar-refractivity contribution in [1.29, 1.82) is 0 Å². The Kier molecular flexibility index (Phi) is 4.18. The molecule has 0 saturated carbocycles. The number of nitrogens with zero attached hydrogens (tertiary/aromatic N) is 1. The van der Waals surface area contributed by atoms with Crippen LogP contribution in [0.4, 0.5) is 0 Å². The van der Waals surface area contributed by atoms with E-state index in [1.165, 1.54) is 18.4 Å². The Hall–Kier alpha value is -1.15. The molecule has 2 nitrogen and oxygen atoms in total. The number of piperidine rings is 1. The van der Waals surface area contributed by atoms with E-state index in [-0.39, 0.29) is 5.78 Å². The largest absolute Gasteiger partial charge is 0.293 e. The molecule has 1 heterocycles. The van der Waals surface area contributed by atoms with Crippen LogP contribution in [0.2, 0.25) is 0 Å². The molecule has 0 aromatic heterocycles. The normalized spacial score (nSPS) is 25.1. The van der Waals surface area contributed by atoms with E-state index < -0.39 is 0 Å². The zero-order valence-corrected chi connectivity index (χ0v) is 11.6. The first-order valence-electron chi connectivity index (χ1n) is 6.92. The van der Waals surface area contributed by atoms with Gasteiger partial charge in [-0.3, -0.25) is 9.69 Å². The van der Waals surface area contributed by atoms with Crippen LogP contribution in [-0.2, 0) is 0 Å². The standard InChI is InChI=1S/C16H23NO/c1-12-6-8-15(9-7-12)16(18)11-17-10-4-5-13(2)14(17)3/h6-9,13-14H,4-5,10-11H2,1-3H3. The van der Waals surface area contributed by atoms with Gasteiger partial charge in [-0.05, 0) is 39.2 Å². The average Bonchev–Trinajstić information content (AvgIpc) is 2.36. The van der Waals surface area contributed by atoms with Crippen molar-refractivity contribution >= 4 is 5.78 Å². The molecule has 1 saturated heterocycles. The zero-order chi connectivity index (χ0) is 13.1. The van der Waals surface area contributed by atoms with Crippen LogP contribution in [0.3, 0.4) is 0 Å². The summed E-state index contributed by atoms with van der Waals surface area (Å²) in [7, 11) is 0. The van der Waals surface area contributed by atoms with Gasteiger partial charge in [-0.15, -0.1) is 0 Å². The number of rotatable bonds is 3. The molecule has 1 aliphatic rings. The fourth-order valence-electron chi connectivity index (χ4n) is 2.66. The number of likely N-dealkylation sites (tertiary alicyclic amines) is 1. The predicted molar refractivity (Wildman–Crippen MR) is 74.9 cm³/mol. The van der Waals surface area contributed by atoms with Gasteiger partial charge >= 0.3 is 0 Å². The van der Waals surface area contributed by atoms with Crippen LogP contribution < -0.4 is 0 Å². The number of carbonyl (C=O) groups is 1. The highest BCUT2D eigenvalue weighted by Crippen LogP contribution is 2.22. The van der Waals surface area contributed by atoms with Crippen LogP contribution in [0.1, 0.15) is 42.6 Å².